The molecule has 1 aromatic carbocycles. The van der Waals surface area contributed by atoms with E-state index in [9.17, 15) is 14.4 Å². The quantitative estimate of drug-likeness (QED) is 0.118. The highest BCUT2D eigenvalue weighted by molar-refractivity contribution is 7.10. The van der Waals surface area contributed by atoms with Crippen LogP contribution in [0.2, 0.25) is 0 Å². The Morgan fingerprint density at radius 1 is 0.764 bits per heavy atom. The number of nitrogens with two attached hydrogens (primary N) is 3. The van der Waals surface area contributed by atoms with Gasteiger partial charge in [-0.25, -0.2) is 19.9 Å². The number of benzene rings is 1. The van der Waals surface area contributed by atoms with Crippen molar-refractivity contribution in [3.8, 4) is 0 Å². The number of aryl methyl sites for hydroxylation is 3. The summed E-state index contributed by atoms with van der Waals surface area (Å²) in [5.74, 6) is 0.584. The van der Waals surface area contributed by atoms with E-state index in [1.807, 2.05) is 57.2 Å². The lowest BCUT2D eigenvalue weighted by molar-refractivity contribution is 0.0931. The van der Waals surface area contributed by atoms with Crippen LogP contribution in [-0.2, 0) is 0 Å². The van der Waals surface area contributed by atoms with Gasteiger partial charge >= 0.3 is 0 Å². The molecule has 9 N–H and O–H groups in total. The molecule has 0 saturated carbocycles. The van der Waals surface area contributed by atoms with E-state index < -0.39 is 11.8 Å². The van der Waals surface area contributed by atoms with E-state index in [1.165, 1.54) is 23.1 Å². The summed E-state index contributed by atoms with van der Waals surface area (Å²) in [7, 11) is 0. The van der Waals surface area contributed by atoms with Gasteiger partial charge in [-0.15, -0.1) is 0 Å². The number of anilines is 6. The number of hydrogen-bond acceptors (Lipinski definition) is 16. The van der Waals surface area contributed by atoms with Crippen molar-refractivity contribution in [2.75, 3.05) is 46.6 Å². The third-order valence-electron chi connectivity index (χ3n) is 8.87. The molecule has 2 aliphatic heterocycles. The van der Waals surface area contributed by atoms with Crippen LogP contribution in [0, 0.1) is 20.8 Å². The zero-order valence-corrected chi connectivity index (χ0v) is 32.4. The largest absolute Gasteiger partial charge is 0.364 e. The topological polar surface area (TPSA) is 249 Å². The van der Waals surface area contributed by atoms with Gasteiger partial charge in [0.15, 0.2) is 23.0 Å². The van der Waals surface area contributed by atoms with Crippen LogP contribution in [0.15, 0.2) is 48.8 Å². The normalized spacial score (nSPS) is 16.8. The predicted octanol–water partition coefficient (Wildman–Crippen LogP) is 3.80. The highest BCUT2D eigenvalue weighted by Crippen LogP contribution is 2.27. The summed E-state index contributed by atoms with van der Waals surface area (Å²) in [6, 6.07) is 11.4. The van der Waals surface area contributed by atoms with E-state index in [4.69, 9.17) is 17.2 Å². The van der Waals surface area contributed by atoms with E-state index >= 15 is 0 Å². The SMILES string of the molecule is Cc1cc(Nc2nc(N3CCC[C@@H](N)C3)cnc2C(N)=O)sn1.Cc1cccc(C(=O)N[C@@H]2CCCN(c3cnc(C(N)=O)c(Nc4cc(C)ns4)n3)C2)c1. The molecule has 0 unspecified atom stereocenters. The lowest BCUT2D eigenvalue weighted by Crippen LogP contribution is -2.48. The fraction of sp³-hybridized carbons (Fsp3) is 0.361. The number of carbonyl (C=O) groups is 3. The fourth-order valence-corrected chi connectivity index (χ4v) is 7.58. The number of aromatic nitrogens is 6. The van der Waals surface area contributed by atoms with Crippen molar-refractivity contribution in [1.82, 2.24) is 34.0 Å². The first-order chi connectivity index (χ1) is 26.4. The van der Waals surface area contributed by atoms with E-state index in [2.05, 4.69) is 54.4 Å². The van der Waals surface area contributed by atoms with Crippen LogP contribution in [0.4, 0.5) is 33.3 Å². The molecule has 7 rings (SSSR count). The lowest BCUT2D eigenvalue weighted by atomic mass is 10.0. The molecule has 3 amide bonds. The molecule has 6 heterocycles. The van der Waals surface area contributed by atoms with E-state index in [0.717, 1.165) is 72.3 Å². The highest BCUT2D eigenvalue weighted by Gasteiger charge is 2.25. The number of nitrogens with zero attached hydrogens (tertiary/aromatic N) is 8. The van der Waals surface area contributed by atoms with Gasteiger partial charge in [-0.3, -0.25) is 14.4 Å². The minimum absolute atomic E-state index is 0.0186. The Bertz CT molecular complexity index is 2160. The third kappa shape index (κ3) is 10.3. The second-order valence-corrected chi connectivity index (χ2v) is 15.1. The van der Waals surface area contributed by atoms with Gasteiger partial charge in [-0.2, -0.15) is 8.75 Å². The molecule has 55 heavy (non-hydrogen) atoms. The highest BCUT2D eigenvalue weighted by atomic mass is 32.1. The molecule has 2 saturated heterocycles. The Hall–Kier alpha value is -5.79. The maximum absolute atomic E-state index is 12.7. The monoisotopic (exact) mass is 784 g/mol. The molecule has 2 aliphatic rings. The summed E-state index contributed by atoms with van der Waals surface area (Å²) in [5, 5.41) is 10.9. The molecular weight excluding hydrogens is 741 g/mol. The van der Waals surface area contributed by atoms with Crippen LogP contribution in [0.5, 0.6) is 0 Å². The standard InChI is InChI=1S/C22H25N7O2S.C14H19N7OS/c1-13-5-3-6-15(9-13)22(31)25-16-7-4-8-29(12-16)17-11-24-19(20(23)30)21(26-17)27-18-10-14(2)28-32-18;1-8-5-11(23-20-8)19-14-12(13(16)22)17-6-10(18-14)21-4-2-3-9(15)7-21/h3,5-6,9-11,16H,4,7-8,12H2,1-2H3,(H2,23,30)(H,25,31)(H,26,27);5-6,9H,2-4,7,15H2,1H3,(H2,16,22)(H,18,19)/t16-;9-/m11/s1. The maximum atomic E-state index is 12.7. The maximum Gasteiger partial charge on any atom is 0.271 e. The molecule has 19 heteroatoms. The van der Waals surface area contributed by atoms with Crippen LogP contribution >= 0.6 is 23.1 Å². The molecule has 288 valence electrons. The molecular formula is C36H44N14O3S2. The van der Waals surface area contributed by atoms with Gasteiger partial charge in [-0.05, 0) is 93.8 Å². The predicted molar refractivity (Wildman–Crippen MR) is 215 cm³/mol. The first kappa shape index (κ1) is 38.9. The van der Waals surface area contributed by atoms with Crippen molar-refractivity contribution in [2.45, 2.75) is 58.5 Å². The summed E-state index contributed by atoms with van der Waals surface area (Å²) >= 11 is 2.56. The van der Waals surface area contributed by atoms with Gasteiger partial charge in [0.25, 0.3) is 17.7 Å². The zero-order valence-electron chi connectivity index (χ0n) is 30.8. The first-order valence-electron chi connectivity index (χ1n) is 17.8. The molecule has 0 bridgehead atoms. The Kier molecular flexibility index (Phi) is 12.4. The summed E-state index contributed by atoms with van der Waals surface area (Å²) in [6.07, 6.45) is 6.92. The van der Waals surface area contributed by atoms with Gasteiger partial charge in [0.1, 0.15) is 21.6 Å². The van der Waals surface area contributed by atoms with Crippen LogP contribution in [0.3, 0.4) is 0 Å². The van der Waals surface area contributed by atoms with Gasteiger partial charge in [0, 0.05) is 43.8 Å². The second kappa shape index (κ2) is 17.6. The minimum atomic E-state index is -0.658. The fourth-order valence-electron chi connectivity index (χ4n) is 6.25. The summed E-state index contributed by atoms with van der Waals surface area (Å²) < 4.78 is 8.43. The summed E-state index contributed by atoms with van der Waals surface area (Å²) in [6.45, 7) is 8.72. The molecule has 17 nitrogen and oxygen atoms in total. The molecule has 5 aromatic rings. The molecule has 4 aromatic heterocycles. The number of carbonyl (C=O) groups excluding carboxylic acids is 3. The summed E-state index contributed by atoms with van der Waals surface area (Å²) in [5.41, 5.74) is 20.5. The van der Waals surface area contributed by atoms with Crippen LogP contribution in [0.25, 0.3) is 0 Å². The smallest absolute Gasteiger partial charge is 0.271 e. The van der Waals surface area contributed by atoms with Crippen LogP contribution in [-0.4, -0.2) is 84.7 Å². The average Bonchev–Trinajstić information content (AvgIpc) is 3.77. The Morgan fingerprint density at radius 3 is 1.80 bits per heavy atom. The second-order valence-electron chi connectivity index (χ2n) is 13.5. The lowest BCUT2D eigenvalue weighted by Gasteiger charge is -2.34. The van der Waals surface area contributed by atoms with Gasteiger partial charge in [-0.1, -0.05) is 17.7 Å². The Balaban J connectivity index is 0.000000197. The number of hydrogen-bond donors (Lipinski definition) is 6. The van der Waals surface area contributed by atoms with Gasteiger partial charge in [0.05, 0.1) is 23.8 Å². The van der Waals surface area contributed by atoms with Crippen molar-refractivity contribution in [1.29, 1.82) is 0 Å². The van der Waals surface area contributed by atoms with Gasteiger partial charge in [0.2, 0.25) is 0 Å². The van der Waals surface area contributed by atoms with Gasteiger partial charge < -0.3 is 43.0 Å². The van der Waals surface area contributed by atoms with Crippen molar-refractivity contribution >= 4 is 74.1 Å². The third-order valence-corrected chi connectivity index (χ3v) is 10.5. The van der Waals surface area contributed by atoms with Crippen molar-refractivity contribution in [3.63, 3.8) is 0 Å². The van der Waals surface area contributed by atoms with E-state index in [1.54, 1.807) is 12.4 Å². The Morgan fingerprint density at radius 2 is 1.31 bits per heavy atom. The molecule has 0 aliphatic carbocycles. The number of rotatable bonds is 10. The number of nitrogens with one attached hydrogen (secondary N) is 3. The van der Waals surface area contributed by atoms with Crippen molar-refractivity contribution < 1.29 is 14.4 Å². The minimum Gasteiger partial charge on any atom is -0.364 e. The zero-order chi connectivity index (χ0) is 39.1. The summed E-state index contributed by atoms with van der Waals surface area (Å²) in [4.78, 5) is 57.8. The van der Waals surface area contributed by atoms with Crippen molar-refractivity contribution in [3.05, 3.63) is 82.7 Å². The number of piperidine rings is 2. The van der Waals surface area contributed by atoms with Crippen LogP contribution in [0.1, 0.15) is 74.0 Å². The van der Waals surface area contributed by atoms with Crippen LogP contribution < -0.4 is 43.0 Å². The molecule has 0 radical (unpaired) electrons. The number of amides is 3. The Labute approximate surface area is 326 Å². The molecule has 0 spiro atoms. The van der Waals surface area contributed by atoms with E-state index in [0.29, 0.717) is 35.4 Å². The molecule has 2 fully saturated rings. The molecule has 2 atom stereocenters. The number of primary amides is 2. The average molecular weight is 785 g/mol. The first-order valence-corrected chi connectivity index (χ1v) is 19.3. The van der Waals surface area contributed by atoms with E-state index in [-0.39, 0.29) is 29.4 Å². The van der Waals surface area contributed by atoms with Crippen molar-refractivity contribution in [2.24, 2.45) is 17.2 Å².